The molecular formula is C17H22N4OS. The van der Waals surface area contributed by atoms with E-state index in [9.17, 15) is 4.79 Å². The van der Waals surface area contributed by atoms with Crippen LogP contribution in [0.1, 0.15) is 38.3 Å². The number of pyridine rings is 1. The molecule has 0 radical (unpaired) electrons. The summed E-state index contributed by atoms with van der Waals surface area (Å²) in [6.07, 6.45) is 9.77. The topological polar surface area (TPSA) is 59.8 Å². The van der Waals surface area contributed by atoms with Gasteiger partial charge >= 0.3 is 0 Å². The lowest BCUT2D eigenvalue weighted by Gasteiger charge is -2.20. The summed E-state index contributed by atoms with van der Waals surface area (Å²) >= 11 is 1.57. The highest BCUT2D eigenvalue weighted by Gasteiger charge is 2.29. The van der Waals surface area contributed by atoms with Crippen molar-refractivity contribution in [3.8, 4) is 0 Å². The second-order valence-electron chi connectivity index (χ2n) is 6.21. The summed E-state index contributed by atoms with van der Waals surface area (Å²) in [4.78, 5) is 21.1. The number of imidazole rings is 1. The SMILES string of the molecule is CC(C)[C@H](Sc1nccn1C1CC1)C(=O)NCc1cccnc1. The average molecular weight is 330 g/mol. The first-order valence-corrected chi connectivity index (χ1v) is 8.89. The van der Waals surface area contributed by atoms with Gasteiger partial charge in [-0.05, 0) is 30.4 Å². The van der Waals surface area contributed by atoms with Crippen molar-refractivity contribution in [2.24, 2.45) is 5.92 Å². The Morgan fingerprint density at radius 2 is 2.26 bits per heavy atom. The van der Waals surface area contributed by atoms with Crippen LogP contribution in [0.2, 0.25) is 0 Å². The summed E-state index contributed by atoms with van der Waals surface area (Å²) in [7, 11) is 0. The van der Waals surface area contributed by atoms with Crippen LogP contribution in [0.5, 0.6) is 0 Å². The van der Waals surface area contributed by atoms with Crippen LogP contribution < -0.4 is 5.32 Å². The number of hydrogen-bond donors (Lipinski definition) is 1. The quantitative estimate of drug-likeness (QED) is 0.793. The number of carbonyl (C=O) groups is 1. The summed E-state index contributed by atoms with van der Waals surface area (Å²) in [5.41, 5.74) is 1.01. The zero-order valence-electron chi connectivity index (χ0n) is 13.5. The molecule has 3 rings (SSSR count). The van der Waals surface area contributed by atoms with E-state index in [1.807, 2.05) is 24.5 Å². The molecule has 1 saturated carbocycles. The highest BCUT2D eigenvalue weighted by Crippen LogP contribution is 2.39. The Kier molecular flexibility index (Phi) is 5.00. The van der Waals surface area contributed by atoms with Gasteiger partial charge in [0.15, 0.2) is 5.16 Å². The molecule has 1 aliphatic carbocycles. The molecule has 0 aromatic carbocycles. The van der Waals surface area contributed by atoms with Crippen LogP contribution in [-0.2, 0) is 11.3 Å². The Hall–Kier alpha value is -1.82. The van der Waals surface area contributed by atoms with Crippen molar-refractivity contribution in [1.82, 2.24) is 19.9 Å². The van der Waals surface area contributed by atoms with Crippen LogP contribution in [0.4, 0.5) is 0 Å². The van der Waals surface area contributed by atoms with E-state index in [0.29, 0.717) is 12.6 Å². The van der Waals surface area contributed by atoms with Gasteiger partial charge in [0.05, 0.1) is 5.25 Å². The first-order chi connectivity index (χ1) is 11.1. The maximum Gasteiger partial charge on any atom is 0.234 e. The standard InChI is InChI=1S/C17H22N4OS/c1-12(2)15(16(22)20-11-13-4-3-7-18-10-13)23-17-19-8-9-21(17)14-5-6-14/h3-4,7-10,12,14-15H,5-6,11H2,1-2H3,(H,20,22)/t15-/m0/s1. The summed E-state index contributed by atoms with van der Waals surface area (Å²) in [5.74, 6) is 0.289. The summed E-state index contributed by atoms with van der Waals surface area (Å²) in [6, 6.07) is 4.42. The van der Waals surface area contributed by atoms with E-state index in [2.05, 4.69) is 33.7 Å². The normalized spacial score (nSPS) is 15.6. The fraction of sp³-hybridized carbons (Fsp3) is 0.471. The third-order valence-electron chi connectivity index (χ3n) is 3.86. The number of rotatable bonds is 7. The number of nitrogens with one attached hydrogen (secondary N) is 1. The highest BCUT2D eigenvalue weighted by molar-refractivity contribution is 8.00. The second kappa shape index (κ2) is 7.17. The van der Waals surface area contributed by atoms with Gasteiger partial charge in [0.2, 0.25) is 5.91 Å². The van der Waals surface area contributed by atoms with E-state index >= 15 is 0 Å². The van der Waals surface area contributed by atoms with Crippen molar-refractivity contribution >= 4 is 17.7 Å². The highest BCUT2D eigenvalue weighted by atomic mass is 32.2. The van der Waals surface area contributed by atoms with Gasteiger partial charge in [0.25, 0.3) is 0 Å². The Labute approximate surface area is 140 Å². The van der Waals surface area contributed by atoms with Crippen molar-refractivity contribution in [2.45, 2.75) is 49.7 Å². The molecule has 23 heavy (non-hydrogen) atoms. The van der Waals surface area contributed by atoms with Crippen molar-refractivity contribution in [3.63, 3.8) is 0 Å². The molecule has 0 unspecified atom stereocenters. The van der Waals surface area contributed by atoms with Crippen molar-refractivity contribution in [2.75, 3.05) is 0 Å². The average Bonchev–Trinajstić information content (AvgIpc) is 3.29. The van der Waals surface area contributed by atoms with Crippen LogP contribution in [-0.4, -0.2) is 25.7 Å². The fourth-order valence-electron chi connectivity index (χ4n) is 2.42. The molecule has 122 valence electrons. The van der Waals surface area contributed by atoms with Crippen molar-refractivity contribution < 1.29 is 4.79 Å². The van der Waals surface area contributed by atoms with Gasteiger partial charge in [-0.2, -0.15) is 0 Å². The van der Waals surface area contributed by atoms with Gasteiger partial charge in [-0.15, -0.1) is 0 Å². The Bertz CT molecular complexity index is 652. The van der Waals surface area contributed by atoms with Gasteiger partial charge in [-0.1, -0.05) is 31.7 Å². The van der Waals surface area contributed by atoms with Crippen LogP contribution >= 0.6 is 11.8 Å². The van der Waals surface area contributed by atoms with Gasteiger partial charge in [-0.3, -0.25) is 9.78 Å². The zero-order chi connectivity index (χ0) is 16.2. The number of carbonyl (C=O) groups excluding carboxylic acids is 1. The number of aromatic nitrogens is 3. The predicted octanol–water partition coefficient (Wildman–Crippen LogP) is 3.05. The number of nitrogens with zero attached hydrogens (tertiary/aromatic N) is 3. The fourth-order valence-corrected chi connectivity index (χ4v) is 3.56. The third kappa shape index (κ3) is 4.13. The van der Waals surface area contributed by atoms with Crippen LogP contribution in [0.15, 0.2) is 42.1 Å². The van der Waals surface area contributed by atoms with Crippen LogP contribution in [0.25, 0.3) is 0 Å². The van der Waals surface area contributed by atoms with E-state index in [4.69, 9.17) is 0 Å². The van der Waals surface area contributed by atoms with E-state index in [1.165, 1.54) is 12.8 Å². The lowest BCUT2D eigenvalue weighted by molar-refractivity contribution is -0.121. The van der Waals surface area contributed by atoms with Crippen LogP contribution in [0.3, 0.4) is 0 Å². The maximum atomic E-state index is 12.6. The van der Waals surface area contributed by atoms with E-state index in [0.717, 1.165) is 10.7 Å². The molecule has 1 fully saturated rings. The number of amides is 1. The van der Waals surface area contributed by atoms with E-state index in [1.54, 1.807) is 24.2 Å². The van der Waals surface area contributed by atoms with Gasteiger partial charge in [-0.25, -0.2) is 4.98 Å². The van der Waals surface area contributed by atoms with Gasteiger partial charge in [0, 0.05) is 37.4 Å². The van der Waals surface area contributed by atoms with Crippen molar-refractivity contribution in [1.29, 1.82) is 0 Å². The maximum absolute atomic E-state index is 12.6. The molecule has 1 aliphatic rings. The van der Waals surface area contributed by atoms with Gasteiger partial charge in [0.1, 0.15) is 0 Å². The first-order valence-electron chi connectivity index (χ1n) is 8.01. The molecule has 2 heterocycles. The molecule has 2 aromatic heterocycles. The monoisotopic (exact) mass is 330 g/mol. The molecule has 5 nitrogen and oxygen atoms in total. The smallest absolute Gasteiger partial charge is 0.234 e. The summed E-state index contributed by atoms with van der Waals surface area (Å²) in [5, 5.41) is 3.82. The minimum absolute atomic E-state index is 0.0548. The largest absolute Gasteiger partial charge is 0.351 e. The predicted molar refractivity (Wildman–Crippen MR) is 91.1 cm³/mol. The molecule has 1 atom stereocenters. The second-order valence-corrected chi connectivity index (χ2v) is 7.32. The molecule has 0 saturated heterocycles. The molecule has 0 aliphatic heterocycles. The summed E-state index contributed by atoms with van der Waals surface area (Å²) < 4.78 is 2.20. The molecule has 1 amide bonds. The minimum atomic E-state index is -0.147. The number of thioether (sulfide) groups is 1. The molecule has 0 bridgehead atoms. The van der Waals surface area contributed by atoms with Crippen molar-refractivity contribution in [3.05, 3.63) is 42.5 Å². The first kappa shape index (κ1) is 16.1. The Balaban J connectivity index is 1.63. The number of hydrogen-bond acceptors (Lipinski definition) is 4. The lowest BCUT2D eigenvalue weighted by atomic mass is 10.1. The third-order valence-corrected chi connectivity index (χ3v) is 5.40. The zero-order valence-corrected chi connectivity index (χ0v) is 14.3. The molecule has 0 spiro atoms. The Morgan fingerprint density at radius 3 is 2.91 bits per heavy atom. The lowest BCUT2D eigenvalue weighted by Crippen LogP contribution is -2.35. The molecular weight excluding hydrogens is 308 g/mol. The van der Waals surface area contributed by atoms with E-state index in [-0.39, 0.29) is 17.1 Å². The molecule has 2 aromatic rings. The van der Waals surface area contributed by atoms with Gasteiger partial charge < -0.3 is 9.88 Å². The minimum Gasteiger partial charge on any atom is -0.351 e. The molecule has 6 heteroatoms. The van der Waals surface area contributed by atoms with Crippen LogP contribution in [0, 0.1) is 5.92 Å². The Morgan fingerprint density at radius 1 is 1.43 bits per heavy atom. The van der Waals surface area contributed by atoms with E-state index < -0.39 is 0 Å². The summed E-state index contributed by atoms with van der Waals surface area (Å²) in [6.45, 7) is 4.66. The molecule has 1 N–H and O–H groups in total.